The highest BCUT2D eigenvalue weighted by molar-refractivity contribution is 5.81. The van der Waals surface area contributed by atoms with Gasteiger partial charge in [0.2, 0.25) is 5.91 Å². The van der Waals surface area contributed by atoms with Gasteiger partial charge in [-0.05, 0) is 43.4 Å². The Morgan fingerprint density at radius 3 is 2.53 bits per heavy atom. The SMILES string of the molecule is CCOC(=O)CCC(=O)NC1CC2CCC1C2(C)C. The van der Waals surface area contributed by atoms with Crippen molar-refractivity contribution in [3.05, 3.63) is 0 Å². The fourth-order valence-electron chi connectivity index (χ4n) is 3.93. The van der Waals surface area contributed by atoms with Gasteiger partial charge in [0.05, 0.1) is 13.0 Å². The molecule has 3 atom stereocenters. The molecule has 4 nitrogen and oxygen atoms in total. The smallest absolute Gasteiger partial charge is 0.306 e. The summed E-state index contributed by atoms with van der Waals surface area (Å²) >= 11 is 0. The molecule has 0 aromatic heterocycles. The van der Waals surface area contributed by atoms with Crippen molar-refractivity contribution in [1.82, 2.24) is 5.32 Å². The molecule has 1 amide bonds. The first kappa shape index (κ1) is 14.4. The van der Waals surface area contributed by atoms with Gasteiger partial charge in [-0.1, -0.05) is 13.8 Å². The van der Waals surface area contributed by atoms with Crippen molar-refractivity contribution in [2.75, 3.05) is 6.61 Å². The van der Waals surface area contributed by atoms with Crippen LogP contribution >= 0.6 is 0 Å². The number of hydrogen-bond donors (Lipinski definition) is 1. The molecule has 3 unspecified atom stereocenters. The maximum absolute atomic E-state index is 11.9. The molecule has 0 radical (unpaired) electrons. The molecule has 0 spiro atoms. The average molecular weight is 267 g/mol. The van der Waals surface area contributed by atoms with Crippen molar-refractivity contribution in [3.63, 3.8) is 0 Å². The van der Waals surface area contributed by atoms with Crippen molar-refractivity contribution < 1.29 is 14.3 Å². The minimum atomic E-state index is -0.286. The molecule has 2 aliphatic carbocycles. The second-order valence-electron chi connectivity index (χ2n) is 6.42. The molecule has 1 N–H and O–H groups in total. The number of carbonyl (C=O) groups is 2. The monoisotopic (exact) mass is 267 g/mol. The van der Waals surface area contributed by atoms with Gasteiger partial charge < -0.3 is 10.1 Å². The standard InChI is InChI=1S/C15H25NO3/c1-4-19-14(18)8-7-13(17)16-12-9-10-5-6-11(12)15(10,2)3/h10-12H,4-9H2,1-3H3,(H,16,17). The third-order valence-corrected chi connectivity index (χ3v) is 5.07. The summed E-state index contributed by atoms with van der Waals surface area (Å²) in [6, 6.07) is 0.309. The van der Waals surface area contributed by atoms with Crippen LogP contribution in [0.5, 0.6) is 0 Å². The fraction of sp³-hybridized carbons (Fsp3) is 0.867. The summed E-state index contributed by atoms with van der Waals surface area (Å²) in [5.74, 6) is 1.05. The van der Waals surface area contributed by atoms with Gasteiger partial charge in [0.1, 0.15) is 0 Å². The van der Waals surface area contributed by atoms with E-state index in [1.54, 1.807) is 6.92 Å². The number of nitrogens with one attached hydrogen (secondary N) is 1. The van der Waals surface area contributed by atoms with Gasteiger partial charge in [0.25, 0.3) is 0 Å². The molecule has 4 heteroatoms. The number of amides is 1. The van der Waals surface area contributed by atoms with E-state index in [1.807, 2.05) is 0 Å². The van der Waals surface area contributed by atoms with Crippen LogP contribution in [0.15, 0.2) is 0 Å². The second-order valence-corrected chi connectivity index (χ2v) is 6.42. The molecule has 2 aliphatic rings. The topological polar surface area (TPSA) is 55.4 Å². The summed E-state index contributed by atoms with van der Waals surface area (Å²) in [4.78, 5) is 23.1. The summed E-state index contributed by atoms with van der Waals surface area (Å²) in [6.45, 7) is 6.79. The number of hydrogen-bond acceptors (Lipinski definition) is 3. The van der Waals surface area contributed by atoms with Crippen molar-refractivity contribution >= 4 is 11.9 Å². The van der Waals surface area contributed by atoms with Gasteiger partial charge in [-0.15, -0.1) is 0 Å². The Bertz CT molecular complexity index is 364. The largest absolute Gasteiger partial charge is 0.466 e. The van der Waals surface area contributed by atoms with Gasteiger partial charge in [0.15, 0.2) is 0 Å². The molecule has 2 saturated carbocycles. The van der Waals surface area contributed by atoms with E-state index in [0.29, 0.717) is 24.0 Å². The summed E-state index contributed by atoms with van der Waals surface area (Å²) in [5, 5.41) is 3.12. The van der Waals surface area contributed by atoms with E-state index in [2.05, 4.69) is 19.2 Å². The van der Waals surface area contributed by atoms with Crippen LogP contribution in [-0.2, 0) is 14.3 Å². The molecule has 2 bridgehead atoms. The van der Waals surface area contributed by atoms with Crippen LogP contribution < -0.4 is 5.32 Å². The summed E-state index contributed by atoms with van der Waals surface area (Å²) in [5.41, 5.74) is 0.360. The zero-order chi connectivity index (χ0) is 14.0. The van der Waals surface area contributed by atoms with Crippen LogP contribution in [0.3, 0.4) is 0 Å². The van der Waals surface area contributed by atoms with Crippen molar-refractivity contribution in [2.45, 2.75) is 58.9 Å². The third-order valence-electron chi connectivity index (χ3n) is 5.07. The van der Waals surface area contributed by atoms with Crippen molar-refractivity contribution in [3.8, 4) is 0 Å². The van der Waals surface area contributed by atoms with E-state index in [1.165, 1.54) is 12.8 Å². The molecule has 0 aromatic rings. The van der Waals surface area contributed by atoms with Gasteiger partial charge in [0, 0.05) is 12.5 Å². The highest BCUT2D eigenvalue weighted by Crippen LogP contribution is 2.57. The predicted molar refractivity (Wildman–Crippen MR) is 72.4 cm³/mol. The van der Waals surface area contributed by atoms with Crippen LogP contribution in [0.25, 0.3) is 0 Å². The van der Waals surface area contributed by atoms with E-state index in [9.17, 15) is 9.59 Å². The normalized spacial score (nSPS) is 31.2. The number of fused-ring (bicyclic) bond motifs is 2. The minimum Gasteiger partial charge on any atom is -0.466 e. The second kappa shape index (κ2) is 5.51. The lowest BCUT2D eigenvalue weighted by Crippen LogP contribution is -2.40. The summed E-state index contributed by atoms with van der Waals surface area (Å²) < 4.78 is 4.83. The van der Waals surface area contributed by atoms with Crippen molar-refractivity contribution in [2.24, 2.45) is 17.3 Å². The first-order chi connectivity index (χ1) is 8.95. The maximum Gasteiger partial charge on any atom is 0.306 e. The third kappa shape index (κ3) is 2.93. The van der Waals surface area contributed by atoms with E-state index >= 15 is 0 Å². The van der Waals surface area contributed by atoms with E-state index in [0.717, 1.165) is 12.3 Å². The minimum absolute atomic E-state index is 0.0126. The van der Waals surface area contributed by atoms with Crippen LogP contribution in [0.4, 0.5) is 0 Å². The Hall–Kier alpha value is -1.06. The number of rotatable bonds is 5. The number of esters is 1. The predicted octanol–water partition coefficient (Wildman–Crippen LogP) is 2.27. The first-order valence-corrected chi connectivity index (χ1v) is 7.40. The fourth-order valence-corrected chi connectivity index (χ4v) is 3.93. The molecule has 0 aliphatic heterocycles. The molecule has 2 rings (SSSR count). The molecule has 0 aromatic carbocycles. The summed E-state index contributed by atoms with van der Waals surface area (Å²) in [7, 11) is 0. The molecule has 0 heterocycles. The highest BCUT2D eigenvalue weighted by Gasteiger charge is 2.53. The van der Waals surface area contributed by atoms with Crippen LogP contribution in [0.1, 0.15) is 52.9 Å². The van der Waals surface area contributed by atoms with Crippen LogP contribution in [0, 0.1) is 17.3 Å². The van der Waals surface area contributed by atoms with E-state index in [-0.39, 0.29) is 24.7 Å². The molecular weight excluding hydrogens is 242 g/mol. The van der Waals surface area contributed by atoms with E-state index in [4.69, 9.17) is 4.74 Å². The van der Waals surface area contributed by atoms with E-state index < -0.39 is 0 Å². The van der Waals surface area contributed by atoms with Gasteiger partial charge in [-0.3, -0.25) is 9.59 Å². The van der Waals surface area contributed by atoms with Crippen LogP contribution in [-0.4, -0.2) is 24.5 Å². The van der Waals surface area contributed by atoms with Gasteiger partial charge >= 0.3 is 5.97 Å². The average Bonchev–Trinajstić information content (AvgIpc) is 2.75. The van der Waals surface area contributed by atoms with Gasteiger partial charge in [-0.25, -0.2) is 0 Å². The lowest BCUT2D eigenvalue weighted by molar-refractivity contribution is -0.144. The summed E-state index contributed by atoms with van der Waals surface area (Å²) in [6.07, 6.45) is 4.05. The first-order valence-electron chi connectivity index (χ1n) is 7.40. The molecule has 2 fully saturated rings. The maximum atomic E-state index is 11.9. The molecule has 0 saturated heterocycles. The Kier molecular flexibility index (Phi) is 4.16. The van der Waals surface area contributed by atoms with Gasteiger partial charge in [-0.2, -0.15) is 0 Å². The lowest BCUT2D eigenvalue weighted by Gasteiger charge is -2.27. The zero-order valence-electron chi connectivity index (χ0n) is 12.2. The van der Waals surface area contributed by atoms with Crippen LogP contribution in [0.2, 0.25) is 0 Å². The van der Waals surface area contributed by atoms with Crippen molar-refractivity contribution in [1.29, 1.82) is 0 Å². The highest BCUT2D eigenvalue weighted by atomic mass is 16.5. The molecule has 19 heavy (non-hydrogen) atoms. The number of ether oxygens (including phenoxy) is 1. The number of carbonyl (C=O) groups excluding carboxylic acids is 2. The zero-order valence-corrected chi connectivity index (χ0v) is 12.2. The Labute approximate surface area is 115 Å². The molecule has 108 valence electrons. The quantitative estimate of drug-likeness (QED) is 0.777. The Morgan fingerprint density at radius 2 is 2.00 bits per heavy atom. The lowest BCUT2D eigenvalue weighted by atomic mass is 9.81. The Morgan fingerprint density at radius 1 is 1.26 bits per heavy atom. The molecular formula is C15H25NO3. The Balaban J connectivity index is 1.77.